The minimum absolute atomic E-state index is 0.852. The summed E-state index contributed by atoms with van der Waals surface area (Å²) < 4.78 is 1.91. The summed E-state index contributed by atoms with van der Waals surface area (Å²) in [6.07, 6.45) is 12.6. The Kier molecular flexibility index (Phi) is 2.85. The highest BCUT2D eigenvalue weighted by atomic mass is 15.3. The lowest BCUT2D eigenvalue weighted by Crippen LogP contribution is -1.99. The van der Waals surface area contributed by atoms with Gasteiger partial charge in [-0.1, -0.05) is 12.2 Å². The molecule has 0 bridgehead atoms. The molecule has 0 spiro atoms. The monoisotopic (exact) mass is 276 g/mol. The van der Waals surface area contributed by atoms with Crippen LogP contribution in [-0.2, 0) is 0 Å². The maximum atomic E-state index is 4.58. The third-order valence-corrected chi connectivity index (χ3v) is 3.65. The van der Waals surface area contributed by atoms with Crippen LogP contribution in [0.3, 0.4) is 0 Å². The van der Waals surface area contributed by atoms with Crippen molar-refractivity contribution in [3.63, 3.8) is 0 Å². The Labute approximate surface area is 122 Å². The molecule has 0 atom stereocenters. The van der Waals surface area contributed by atoms with Crippen molar-refractivity contribution in [3.05, 3.63) is 61.0 Å². The number of rotatable bonds is 3. The molecule has 0 amide bonds. The Balaban J connectivity index is 1.58. The Morgan fingerprint density at radius 2 is 2.14 bits per heavy atom. The first kappa shape index (κ1) is 12.0. The average Bonchev–Trinajstić information content (AvgIpc) is 3.17. The molecule has 3 aromatic rings. The number of hydrogen-bond donors (Lipinski definition) is 2. The van der Waals surface area contributed by atoms with E-state index in [2.05, 4.69) is 57.9 Å². The number of aromatic amines is 1. The van der Waals surface area contributed by atoms with E-state index in [0.717, 1.165) is 35.6 Å². The van der Waals surface area contributed by atoms with Gasteiger partial charge in [0, 0.05) is 35.1 Å². The second-order valence-corrected chi connectivity index (χ2v) is 5.16. The smallest absolute Gasteiger partial charge is 0.152 e. The zero-order valence-corrected chi connectivity index (χ0v) is 11.6. The Morgan fingerprint density at radius 3 is 3.05 bits per heavy atom. The molecule has 0 radical (unpaired) electrons. The van der Waals surface area contributed by atoms with Crippen molar-refractivity contribution < 1.29 is 0 Å². The summed E-state index contributed by atoms with van der Waals surface area (Å²) in [5.41, 5.74) is 3.32. The highest BCUT2D eigenvalue weighted by molar-refractivity contribution is 5.83. The predicted octanol–water partition coefficient (Wildman–Crippen LogP) is 4.30. The molecule has 4 rings (SSSR count). The molecule has 4 nitrogen and oxygen atoms in total. The van der Waals surface area contributed by atoms with Crippen LogP contribution in [0.4, 0.5) is 11.5 Å². The lowest BCUT2D eigenvalue weighted by atomic mass is 10.1. The van der Waals surface area contributed by atoms with Crippen molar-refractivity contribution in [2.24, 2.45) is 0 Å². The second-order valence-electron chi connectivity index (χ2n) is 5.16. The first-order chi connectivity index (χ1) is 10.4. The zero-order valence-electron chi connectivity index (χ0n) is 11.6. The van der Waals surface area contributed by atoms with Gasteiger partial charge >= 0.3 is 0 Å². The van der Waals surface area contributed by atoms with E-state index in [-0.39, 0.29) is 0 Å². The predicted molar refractivity (Wildman–Crippen MR) is 86.5 cm³/mol. The van der Waals surface area contributed by atoms with E-state index in [0.29, 0.717) is 0 Å². The first-order valence-electron chi connectivity index (χ1n) is 7.15. The van der Waals surface area contributed by atoms with Crippen LogP contribution in [0.25, 0.3) is 16.6 Å². The average molecular weight is 276 g/mol. The minimum atomic E-state index is 0.852. The molecule has 4 heteroatoms. The van der Waals surface area contributed by atoms with E-state index in [9.17, 15) is 0 Å². The fraction of sp³-hybridized carbons (Fsp3) is 0.118. The summed E-state index contributed by atoms with van der Waals surface area (Å²) in [6.45, 7) is 0. The Morgan fingerprint density at radius 1 is 1.14 bits per heavy atom. The topological polar surface area (TPSA) is 45.6 Å². The van der Waals surface area contributed by atoms with Gasteiger partial charge in [-0.05, 0) is 43.2 Å². The minimum Gasteiger partial charge on any atom is -0.361 e. The molecule has 0 fully saturated rings. The van der Waals surface area contributed by atoms with Gasteiger partial charge in [-0.2, -0.15) is 5.10 Å². The van der Waals surface area contributed by atoms with Crippen molar-refractivity contribution >= 4 is 28.1 Å². The van der Waals surface area contributed by atoms with E-state index in [4.69, 9.17) is 0 Å². The largest absolute Gasteiger partial charge is 0.361 e. The molecule has 21 heavy (non-hydrogen) atoms. The van der Waals surface area contributed by atoms with Crippen molar-refractivity contribution in [1.29, 1.82) is 0 Å². The number of aromatic nitrogens is 3. The molecule has 2 aromatic heterocycles. The number of fused-ring (bicyclic) bond motifs is 1. The summed E-state index contributed by atoms with van der Waals surface area (Å²) in [4.78, 5) is 3.20. The number of benzene rings is 1. The SMILES string of the molecule is C1=CC(n2ccc(Nc3ccc4[nH]ccc4c3)n2)=CCC1. The third kappa shape index (κ3) is 2.36. The van der Waals surface area contributed by atoms with Gasteiger partial charge in [0.2, 0.25) is 0 Å². The molecule has 1 aliphatic carbocycles. The molecular formula is C17H16N4. The zero-order chi connectivity index (χ0) is 14.1. The highest BCUT2D eigenvalue weighted by Gasteiger charge is 2.04. The molecule has 1 aliphatic rings. The molecule has 1 aromatic carbocycles. The van der Waals surface area contributed by atoms with Gasteiger partial charge in [-0.15, -0.1) is 0 Å². The molecule has 0 saturated carbocycles. The van der Waals surface area contributed by atoms with Gasteiger partial charge in [0.25, 0.3) is 0 Å². The maximum absolute atomic E-state index is 4.58. The Bertz CT molecular complexity index is 835. The van der Waals surface area contributed by atoms with Crippen molar-refractivity contribution in [1.82, 2.24) is 14.8 Å². The van der Waals surface area contributed by atoms with Gasteiger partial charge in [0.05, 0.1) is 5.70 Å². The molecule has 0 aliphatic heterocycles. The van der Waals surface area contributed by atoms with E-state index in [1.54, 1.807) is 0 Å². The number of hydrogen-bond acceptors (Lipinski definition) is 2. The van der Waals surface area contributed by atoms with Crippen LogP contribution in [0.2, 0.25) is 0 Å². The van der Waals surface area contributed by atoms with Crippen LogP contribution in [-0.4, -0.2) is 14.8 Å². The van der Waals surface area contributed by atoms with E-state index in [1.165, 1.54) is 5.39 Å². The molecule has 0 saturated heterocycles. The molecule has 2 N–H and O–H groups in total. The standard InChI is InChI=1S/C17H16N4/c1-2-4-15(5-3-1)21-11-9-17(20-21)19-14-6-7-16-13(12-14)8-10-18-16/h2,4-12,18H,1,3H2,(H,19,20). The number of anilines is 2. The normalized spacial score (nSPS) is 14.4. The fourth-order valence-electron chi connectivity index (χ4n) is 2.58. The van der Waals surface area contributed by atoms with Gasteiger partial charge < -0.3 is 10.3 Å². The van der Waals surface area contributed by atoms with E-state index in [1.807, 2.05) is 23.1 Å². The van der Waals surface area contributed by atoms with E-state index >= 15 is 0 Å². The summed E-state index contributed by atoms with van der Waals surface area (Å²) in [5.74, 6) is 0.852. The van der Waals surface area contributed by atoms with Crippen LogP contribution >= 0.6 is 0 Å². The summed E-state index contributed by atoms with van der Waals surface area (Å²) >= 11 is 0. The number of H-pyrrole nitrogens is 1. The van der Waals surface area contributed by atoms with Crippen molar-refractivity contribution in [3.8, 4) is 0 Å². The van der Waals surface area contributed by atoms with Crippen LogP contribution < -0.4 is 5.32 Å². The van der Waals surface area contributed by atoms with Gasteiger partial charge in [0.1, 0.15) is 0 Å². The van der Waals surface area contributed by atoms with E-state index < -0.39 is 0 Å². The summed E-state index contributed by atoms with van der Waals surface area (Å²) in [6, 6.07) is 10.3. The lowest BCUT2D eigenvalue weighted by Gasteiger charge is -2.07. The summed E-state index contributed by atoms with van der Waals surface area (Å²) in [7, 11) is 0. The van der Waals surface area contributed by atoms with Crippen LogP contribution in [0.5, 0.6) is 0 Å². The van der Waals surface area contributed by atoms with Crippen LogP contribution in [0.1, 0.15) is 12.8 Å². The molecule has 2 heterocycles. The van der Waals surface area contributed by atoms with Gasteiger partial charge in [-0.25, -0.2) is 4.68 Å². The first-order valence-corrected chi connectivity index (χ1v) is 7.15. The van der Waals surface area contributed by atoms with Crippen LogP contribution in [0, 0.1) is 0 Å². The number of nitrogens with one attached hydrogen (secondary N) is 2. The number of nitrogens with zero attached hydrogens (tertiary/aromatic N) is 2. The highest BCUT2D eigenvalue weighted by Crippen LogP contribution is 2.22. The quantitative estimate of drug-likeness (QED) is 0.749. The second kappa shape index (κ2) is 4.98. The number of allylic oxidation sites excluding steroid dienone is 4. The van der Waals surface area contributed by atoms with Crippen molar-refractivity contribution in [2.75, 3.05) is 5.32 Å². The maximum Gasteiger partial charge on any atom is 0.152 e. The third-order valence-electron chi connectivity index (χ3n) is 3.65. The molecular weight excluding hydrogens is 260 g/mol. The Hall–Kier alpha value is -2.75. The fourth-order valence-corrected chi connectivity index (χ4v) is 2.58. The van der Waals surface area contributed by atoms with Crippen LogP contribution in [0.15, 0.2) is 61.0 Å². The lowest BCUT2D eigenvalue weighted by molar-refractivity contribution is 0.892. The summed E-state index contributed by atoms with van der Waals surface area (Å²) in [5, 5.41) is 9.12. The van der Waals surface area contributed by atoms with Gasteiger partial charge in [-0.3, -0.25) is 0 Å². The van der Waals surface area contributed by atoms with Gasteiger partial charge in [0.15, 0.2) is 5.82 Å². The van der Waals surface area contributed by atoms with Crippen molar-refractivity contribution in [2.45, 2.75) is 12.8 Å². The molecule has 104 valence electrons. The molecule has 0 unspecified atom stereocenters.